The van der Waals surface area contributed by atoms with Crippen LogP contribution in [0.1, 0.15) is 39.1 Å². The number of amides is 2. The van der Waals surface area contributed by atoms with Gasteiger partial charge in [0, 0.05) is 37.1 Å². The summed E-state index contributed by atoms with van der Waals surface area (Å²) in [6, 6.07) is 14.8. The minimum absolute atomic E-state index is 0.0797. The van der Waals surface area contributed by atoms with Crippen LogP contribution in [0.2, 0.25) is 0 Å². The summed E-state index contributed by atoms with van der Waals surface area (Å²) < 4.78 is 5.91. The first-order valence-corrected chi connectivity index (χ1v) is 10.0. The SMILES string of the molecule is Cc1cccc(C(=O)N2CCC3(CC2)OC[C@H](C(=O)[O-])N3C(=O)c2ccccc2)c1. The molecule has 0 radical (unpaired) electrons. The Kier molecular flexibility index (Phi) is 5.30. The largest absolute Gasteiger partial charge is 0.548 e. The summed E-state index contributed by atoms with van der Waals surface area (Å²) in [5.74, 6) is -1.82. The van der Waals surface area contributed by atoms with Gasteiger partial charge in [-0.1, -0.05) is 35.9 Å². The minimum atomic E-state index is -1.34. The molecule has 0 bridgehead atoms. The fourth-order valence-electron chi connectivity index (χ4n) is 4.29. The van der Waals surface area contributed by atoms with Crippen LogP contribution in [0.25, 0.3) is 0 Å². The summed E-state index contributed by atoms with van der Waals surface area (Å²) in [5, 5.41) is 11.7. The highest BCUT2D eigenvalue weighted by Crippen LogP contribution is 2.38. The Morgan fingerprint density at radius 1 is 0.967 bits per heavy atom. The Morgan fingerprint density at radius 3 is 2.27 bits per heavy atom. The van der Waals surface area contributed by atoms with Crippen molar-refractivity contribution >= 4 is 17.8 Å². The maximum absolute atomic E-state index is 13.2. The number of carbonyl (C=O) groups excluding carboxylic acids is 3. The molecule has 1 spiro atoms. The van der Waals surface area contributed by atoms with E-state index in [1.165, 1.54) is 4.90 Å². The molecule has 2 amide bonds. The van der Waals surface area contributed by atoms with E-state index in [1.807, 2.05) is 25.1 Å². The van der Waals surface area contributed by atoms with Crippen LogP contribution >= 0.6 is 0 Å². The van der Waals surface area contributed by atoms with E-state index in [2.05, 4.69) is 0 Å². The molecule has 2 heterocycles. The van der Waals surface area contributed by atoms with Crippen molar-refractivity contribution in [1.82, 2.24) is 9.80 Å². The van der Waals surface area contributed by atoms with Crippen LogP contribution in [0.3, 0.4) is 0 Å². The predicted octanol–water partition coefficient (Wildman–Crippen LogP) is 1.22. The third-order valence-corrected chi connectivity index (χ3v) is 5.87. The maximum atomic E-state index is 13.2. The topological polar surface area (TPSA) is 90.0 Å². The van der Waals surface area contributed by atoms with Crippen LogP contribution in [-0.2, 0) is 9.53 Å². The molecule has 2 aliphatic rings. The van der Waals surface area contributed by atoms with Gasteiger partial charge < -0.3 is 19.5 Å². The van der Waals surface area contributed by atoms with Crippen LogP contribution in [0, 0.1) is 6.92 Å². The van der Waals surface area contributed by atoms with E-state index in [4.69, 9.17) is 4.74 Å². The van der Waals surface area contributed by atoms with Crippen molar-refractivity contribution < 1.29 is 24.2 Å². The molecule has 2 aromatic rings. The van der Waals surface area contributed by atoms with E-state index < -0.39 is 23.6 Å². The van der Waals surface area contributed by atoms with Crippen LogP contribution in [0.5, 0.6) is 0 Å². The Bertz CT molecular complexity index is 967. The Balaban J connectivity index is 1.55. The number of carboxylic acids is 1. The molecule has 0 aliphatic carbocycles. The molecule has 4 rings (SSSR count). The normalized spacial score (nSPS) is 20.4. The van der Waals surface area contributed by atoms with E-state index >= 15 is 0 Å². The van der Waals surface area contributed by atoms with Crippen LogP contribution in [0.4, 0.5) is 0 Å². The van der Waals surface area contributed by atoms with Gasteiger partial charge in [-0.3, -0.25) is 14.5 Å². The van der Waals surface area contributed by atoms with Gasteiger partial charge in [-0.05, 0) is 31.2 Å². The number of likely N-dealkylation sites (tertiary alicyclic amines) is 1. The number of ether oxygens (including phenoxy) is 1. The van der Waals surface area contributed by atoms with Crippen molar-refractivity contribution in [2.24, 2.45) is 0 Å². The van der Waals surface area contributed by atoms with Crippen molar-refractivity contribution in [3.63, 3.8) is 0 Å². The molecule has 2 aliphatic heterocycles. The van der Waals surface area contributed by atoms with E-state index in [9.17, 15) is 19.5 Å². The van der Waals surface area contributed by atoms with Crippen LogP contribution in [0.15, 0.2) is 54.6 Å². The number of aryl methyl sites for hydroxylation is 1. The highest BCUT2D eigenvalue weighted by atomic mass is 16.5. The number of carbonyl (C=O) groups is 3. The Morgan fingerprint density at radius 2 is 1.63 bits per heavy atom. The summed E-state index contributed by atoms with van der Waals surface area (Å²) in [7, 11) is 0. The van der Waals surface area contributed by atoms with Gasteiger partial charge in [0.2, 0.25) is 0 Å². The maximum Gasteiger partial charge on any atom is 0.256 e. The van der Waals surface area contributed by atoms with Crippen molar-refractivity contribution in [1.29, 1.82) is 0 Å². The summed E-state index contributed by atoms with van der Waals surface area (Å²) in [6.07, 6.45) is 0.680. The average molecular weight is 407 g/mol. The summed E-state index contributed by atoms with van der Waals surface area (Å²) in [5.41, 5.74) is 0.959. The molecular weight excluding hydrogens is 384 g/mol. The predicted molar refractivity (Wildman–Crippen MR) is 106 cm³/mol. The zero-order valence-corrected chi connectivity index (χ0v) is 16.7. The van der Waals surface area contributed by atoms with Gasteiger partial charge in [-0.15, -0.1) is 0 Å². The molecule has 0 aromatic heterocycles. The molecule has 2 saturated heterocycles. The number of aliphatic carboxylic acids is 1. The number of rotatable bonds is 3. The lowest BCUT2D eigenvalue weighted by Gasteiger charge is -2.45. The van der Waals surface area contributed by atoms with Gasteiger partial charge in [0.05, 0.1) is 18.6 Å². The van der Waals surface area contributed by atoms with Gasteiger partial charge in [0.25, 0.3) is 11.8 Å². The highest BCUT2D eigenvalue weighted by molar-refractivity contribution is 5.97. The van der Waals surface area contributed by atoms with Crippen LogP contribution < -0.4 is 5.11 Å². The highest BCUT2D eigenvalue weighted by Gasteiger charge is 2.52. The van der Waals surface area contributed by atoms with Gasteiger partial charge in [-0.2, -0.15) is 0 Å². The quantitative estimate of drug-likeness (QED) is 0.763. The zero-order valence-electron chi connectivity index (χ0n) is 16.7. The van der Waals surface area contributed by atoms with Gasteiger partial charge >= 0.3 is 0 Å². The molecule has 30 heavy (non-hydrogen) atoms. The second kappa shape index (κ2) is 7.91. The lowest BCUT2D eigenvalue weighted by Crippen LogP contribution is -2.60. The van der Waals surface area contributed by atoms with E-state index in [0.29, 0.717) is 37.1 Å². The van der Waals surface area contributed by atoms with Gasteiger partial charge in [0.15, 0.2) is 0 Å². The number of nitrogens with zero attached hydrogens (tertiary/aromatic N) is 2. The number of carboxylic acid groups (broad SMARTS) is 1. The fourth-order valence-corrected chi connectivity index (χ4v) is 4.29. The molecule has 2 aromatic carbocycles. The molecule has 0 N–H and O–H groups in total. The van der Waals surface area contributed by atoms with E-state index in [1.54, 1.807) is 41.3 Å². The average Bonchev–Trinajstić information content (AvgIpc) is 3.13. The summed E-state index contributed by atoms with van der Waals surface area (Å²) >= 11 is 0. The fraction of sp³-hybridized carbons (Fsp3) is 0.348. The second-order valence-corrected chi connectivity index (χ2v) is 7.79. The first-order chi connectivity index (χ1) is 14.4. The molecule has 7 heteroatoms. The first kappa shape index (κ1) is 20.1. The smallest absolute Gasteiger partial charge is 0.256 e. The number of piperidine rings is 1. The van der Waals surface area contributed by atoms with Gasteiger partial charge in [-0.25, -0.2) is 0 Å². The Labute approximate surface area is 174 Å². The van der Waals surface area contributed by atoms with Gasteiger partial charge in [0.1, 0.15) is 5.72 Å². The molecule has 0 saturated carbocycles. The number of benzene rings is 2. The molecule has 1 atom stereocenters. The first-order valence-electron chi connectivity index (χ1n) is 10.0. The third kappa shape index (κ3) is 3.57. The summed E-state index contributed by atoms with van der Waals surface area (Å²) in [6.45, 7) is 2.55. The standard InChI is InChI=1S/C23H24N2O5/c1-16-6-5-9-18(14-16)20(26)24-12-10-23(11-13-24)25(19(15-30-23)22(28)29)21(27)17-7-3-2-4-8-17/h2-9,14,19H,10-13,15H2,1H3,(H,28,29)/p-1/t19-/m1/s1. The number of hydrogen-bond donors (Lipinski definition) is 0. The molecule has 7 nitrogen and oxygen atoms in total. The number of hydrogen-bond acceptors (Lipinski definition) is 5. The van der Waals surface area contributed by atoms with Crippen molar-refractivity contribution in [2.45, 2.75) is 31.5 Å². The second-order valence-electron chi connectivity index (χ2n) is 7.79. The molecule has 156 valence electrons. The Hall–Kier alpha value is -3.19. The zero-order chi connectivity index (χ0) is 21.3. The molecule has 0 unspecified atom stereocenters. The lowest BCUT2D eigenvalue weighted by atomic mass is 9.96. The van der Waals surface area contributed by atoms with E-state index in [-0.39, 0.29) is 12.5 Å². The third-order valence-electron chi connectivity index (χ3n) is 5.87. The summed E-state index contributed by atoms with van der Waals surface area (Å²) in [4.78, 5) is 40.8. The lowest BCUT2D eigenvalue weighted by molar-refractivity contribution is -0.310. The monoisotopic (exact) mass is 407 g/mol. The molecular formula is C23H23N2O5-. The molecule has 2 fully saturated rings. The van der Waals surface area contributed by atoms with Crippen molar-refractivity contribution in [3.8, 4) is 0 Å². The van der Waals surface area contributed by atoms with E-state index in [0.717, 1.165) is 5.56 Å². The van der Waals surface area contributed by atoms with Crippen molar-refractivity contribution in [3.05, 3.63) is 71.3 Å². The van der Waals surface area contributed by atoms with Crippen molar-refractivity contribution in [2.75, 3.05) is 19.7 Å². The van der Waals surface area contributed by atoms with Crippen LogP contribution in [-0.4, -0.2) is 59.0 Å². The minimum Gasteiger partial charge on any atom is -0.548 e.